The van der Waals surface area contributed by atoms with Crippen LogP contribution in [0, 0.1) is 9.49 Å². The van der Waals surface area contributed by atoms with E-state index in [1.54, 1.807) is 0 Å². The zero-order chi connectivity index (χ0) is 12.3. The summed E-state index contributed by atoms with van der Waals surface area (Å²) < 4.78 is 6.50. The molecule has 0 aromatic heterocycles. The Morgan fingerprint density at radius 1 is 1.53 bits per heavy atom. The fraction of sp³-hybridized carbons (Fsp3) is 0.462. The van der Waals surface area contributed by atoms with Gasteiger partial charge in [-0.25, -0.2) is 0 Å². The molecule has 17 heavy (non-hydrogen) atoms. The van der Waals surface area contributed by atoms with Gasteiger partial charge in [0.2, 0.25) is 0 Å². The van der Waals surface area contributed by atoms with Crippen molar-refractivity contribution in [2.24, 2.45) is 5.92 Å². The Labute approximate surface area is 115 Å². The zero-order valence-corrected chi connectivity index (χ0v) is 11.9. The SMILES string of the molecule is C[C@@H](NC(=O)COc1ccccc1I)C1CC1. The molecule has 1 N–H and O–H groups in total. The van der Waals surface area contributed by atoms with E-state index in [9.17, 15) is 4.79 Å². The fourth-order valence-electron chi connectivity index (χ4n) is 1.71. The van der Waals surface area contributed by atoms with Gasteiger partial charge in [0.1, 0.15) is 5.75 Å². The number of benzene rings is 1. The van der Waals surface area contributed by atoms with Crippen LogP contribution in [0.1, 0.15) is 19.8 Å². The van der Waals surface area contributed by atoms with Crippen molar-refractivity contribution in [3.8, 4) is 5.75 Å². The third-order valence-electron chi connectivity index (χ3n) is 2.91. The largest absolute Gasteiger partial charge is 0.483 e. The summed E-state index contributed by atoms with van der Waals surface area (Å²) in [5.74, 6) is 1.40. The summed E-state index contributed by atoms with van der Waals surface area (Å²) in [6.45, 7) is 2.15. The minimum atomic E-state index is -0.0379. The molecule has 1 saturated carbocycles. The molecule has 92 valence electrons. The average molecular weight is 345 g/mol. The van der Waals surface area contributed by atoms with Crippen LogP contribution in [-0.2, 0) is 4.79 Å². The minimum absolute atomic E-state index is 0.0379. The number of amides is 1. The van der Waals surface area contributed by atoms with Crippen LogP contribution in [0.2, 0.25) is 0 Å². The van der Waals surface area contributed by atoms with Gasteiger partial charge in [-0.3, -0.25) is 4.79 Å². The van der Waals surface area contributed by atoms with Crippen molar-refractivity contribution in [3.05, 3.63) is 27.8 Å². The number of carbonyl (C=O) groups excluding carboxylic acids is 1. The molecule has 0 bridgehead atoms. The topological polar surface area (TPSA) is 38.3 Å². The predicted molar refractivity (Wildman–Crippen MR) is 75.0 cm³/mol. The lowest BCUT2D eigenvalue weighted by Crippen LogP contribution is -2.37. The quantitative estimate of drug-likeness (QED) is 0.833. The molecule has 4 heteroatoms. The number of hydrogen-bond donors (Lipinski definition) is 1. The lowest BCUT2D eigenvalue weighted by molar-refractivity contribution is -0.123. The van der Waals surface area contributed by atoms with Gasteiger partial charge in [-0.05, 0) is 60.4 Å². The van der Waals surface area contributed by atoms with Gasteiger partial charge in [0.25, 0.3) is 5.91 Å². The molecular weight excluding hydrogens is 329 g/mol. The number of carbonyl (C=O) groups is 1. The Morgan fingerprint density at radius 3 is 2.88 bits per heavy atom. The molecule has 0 heterocycles. The molecule has 0 saturated heterocycles. The number of hydrogen-bond acceptors (Lipinski definition) is 2. The van der Waals surface area contributed by atoms with Gasteiger partial charge in [0, 0.05) is 6.04 Å². The van der Waals surface area contributed by atoms with Crippen LogP contribution in [-0.4, -0.2) is 18.6 Å². The number of para-hydroxylation sites is 1. The third kappa shape index (κ3) is 3.87. The lowest BCUT2D eigenvalue weighted by Gasteiger charge is -2.13. The predicted octanol–water partition coefficient (Wildman–Crippen LogP) is 2.58. The first kappa shape index (κ1) is 12.7. The molecule has 0 radical (unpaired) electrons. The van der Waals surface area contributed by atoms with E-state index < -0.39 is 0 Å². The highest BCUT2D eigenvalue weighted by Crippen LogP contribution is 2.32. The van der Waals surface area contributed by atoms with Gasteiger partial charge < -0.3 is 10.1 Å². The van der Waals surface area contributed by atoms with Crippen LogP contribution in [0.3, 0.4) is 0 Å². The highest BCUT2D eigenvalue weighted by atomic mass is 127. The van der Waals surface area contributed by atoms with E-state index in [1.807, 2.05) is 24.3 Å². The standard InChI is InChI=1S/C13H16INO2/c1-9(10-6-7-10)15-13(16)8-17-12-5-3-2-4-11(12)14/h2-5,9-10H,6-8H2,1H3,(H,15,16)/t9-/m1/s1. The summed E-state index contributed by atoms with van der Waals surface area (Å²) in [4.78, 5) is 11.6. The van der Waals surface area contributed by atoms with E-state index in [2.05, 4.69) is 34.8 Å². The molecule has 1 aromatic carbocycles. The van der Waals surface area contributed by atoms with Gasteiger partial charge in [-0.1, -0.05) is 12.1 Å². The van der Waals surface area contributed by atoms with Crippen LogP contribution in [0.4, 0.5) is 0 Å². The Balaban J connectivity index is 1.77. The van der Waals surface area contributed by atoms with Crippen LogP contribution in [0.5, 0.6) is 5.75 Å². The second-order valence-corrected chi connectivity index (χ2v) is 5.57. The first-order valence-electron chi connectivity index (χ1n) is 5.83. The van der Waals surface area contributed by atoms with Crippen molar-refractivity contribution in [3.63, 3.8) is 0 Å². The first-order chi connectivity index (χ1) is 8.16. The second-order valence-electron chi connectivity index (χ2n) is 4.41. The van der Waals surface area contributed by atoms with Crippen molar-refractivity contribution < 1.29 is 9.53 Å². The van der Waals surface area contributed by atoms with Crippen molar-refractivity contribution in [1.82, 2.24) is 5.32 Å². The molecule has 1 fully saturated rings. The van der Waals surface area contributed by atoms with Gasteiger partial charge in [0.05, 0.1) is 3.57 Å². The minimum Gasteiger partial charge on any atom is -0.483 e. The normalized spacial score (nSPS) is 16.4. The second kappa shape index (κ2) is 5.71. The van der Waals surface area contributed by atoms with E-state index in [0.29, 0.717) is 5.92 Å². The molecule has 0 aliphatic heterocycles. The monoisotopic (exact) mass is 345 g/mol. The van der Waals surface area contributed by atoms with E-state index >= 15 is 0 Å². The van der Waals surface area contributed by atoms with Crippen molar-refractivity contribution in [2.75, 3.05) is 6.61 Å². The molecule has 0 spiro atoms. The molecule has 1 aliphatic carbocycles. The summed E-state index contributed by atoms with van der Waals surface area (Å²) >= 11 is 2.20. The molecule has 1 atom stereocenters. The lowest BCUT2D eigenvalue weighted by atomic mass is 10.2. The maximum absolute atomic E-state index is 11.6. The molecule has 1 aliphatic rings. The summed E-state index contributed by atoms with van der Waals surface area (Å²) in [6, 6.07) is 7.97. The molecule has 2 rings (SSSR count). The molecule has 0 unspecified atom stereocenters. The summed E-state index contributed by atoms with van der Waals surface area (Å²) in [5, 5.41) is 2.97. The smallest absolute Gasteiger partial charge is 0.258 e. The van der Waals surface area contributed by atoms with E-state index in [4.69, 9.17) is 4.74 Å². The fourth-order valence-corrected chi connectivity index (χ4v) is 2.26. The van der Waals surface area contributed by atoms with Crippen LogP contribution in [0.15, 0.2) is 24.3 Å². The summed E-state index contributed by atoms with van der Waals surface area (Å²) in [7, 11) is 0. The number of rotatable bonds is 5. The third-order valence-corrected chi connectivity index (χ3v) is 3.80. The highest BCUT2D eigenvalue weighted by molar-refractivity contribution is 14.1. The van der Waals surface area contributed by atoms with E-state index in [-0.39, 0.29) is 18.6 Å². The van der Waals surface area contributed by atoms with Crippen molar-refractivity contribution in [2.45, 2.75) is 25.8 Å². The summed E-state index contributed by atoms with van der Waals surface area (Å²) in [6.07, 6.45) is 2.47. The molecule has 1 amide bonds. The Hall–Kier alpha value is -0.780. The molecule has 1 aromatic rings. The van der Waals surface area contributed by atoms with E-state index in [1.165, 1.54) is 12.8 Å². The molecule has 3 nitrogen and oxygen atoms in total. The first-order valence-corrected chi connectivity index (χ1v) is 6.91. The zero-order valence-electron chi connectivity index (χ0n) is 9.78. The highest BCUT2D eigenvalue weighted by Gasteiger charge is 2.28. The van der Waals surface area contributed by atoms with Crippen LogP contribution < -0.4 is 10.1 Å². The summed E-state index contributed by atoms with van der Waals surface area (Å²) in [5.41, 5.74) is 0. The van der Waals surface area contributed by atoms with Gasteiger partial charge in [-0.2, -0.15) is 0 Å². The molecular formula is C13H16INO2. The van der Waals surface area contributed by atoms with Gasteiger partial charge in [0.15, 0.2) is 6.61 Å². The average Bonchev–Trinajstić information content (AvgIpc) is 3.11. The Kier molecular flexibility index (Phi) is 4.25. The van der Waals surface area contributed by atoms with Gasteiger partial charge >= 0.3 is 0 Å². The maximum atomic E-state index is 11.6. The van der Waals surface area contributed by atoms with Crippen molar-refractivity contribution in [1.29, 1.82) is 0 Å². The van der Waals surface area contributed by atoms with Gasteiger partial charge in [-0.15, -0.1) is 0 Å². The van der Waals surface area contributed by atoms with Crippen LogP contribution >= 0.6 is 22.6 Å². The number of nitrogens with one attached hydrogen (secondary N) is 1. The van der Waals surface area contributed by atoms with E-state index in [0.717, 1.165) is 9.32 Å². The maximum Gasteiger partial charge on any atom is 0.258 e. The van der Waals surface area contributed by atoms with Crippen LogP contribution in [0.25, 0.3) is 0 Å². The van der Waals surface area contributed by atoms with Crippen molar-refractivity contribution >= 4 is 28.5 Å². The number of halogens is 1. The Morgan fingerprint density at radius 2 is 2.24 bits per heavy atom. The number of ether oxygens (including phenoxy) is 1. The Bertz CT molecular complexity index is 404.